The molecule has 2 heterocycles. The molecule has 25 heavy (non-hydrogen) atoms. The van der Waals surface area contributed by atoms with Gasteiger partial charge in [0.15, 0.2) is 5.96 Å². The minimum atomic E-state index is 0.0754. The highest BCUT2D eigenvalue weighted by molar-refractivity contribution is 5.81. The van der Waals surface area contributed by atoms with Crippen LogP contribution in [0.25, 0.3) is 0 Å². The highest BCUT2D eigenvalue weighted by Gasteiger charge is 2.28. The molecule has 2 saturated heterocycles. The highest BCUT2D eigenvalue weighted by Crippen LogP contribution is 2.18. The molecule has 2 unspecified atom stereocenters. The Morgan fingerprint density at radius 3 is 2.56 bits per heavy atom. The van der Waals surface area contributed by atoms with Crippen molar-refractivity contribution >= 4 is 11.9 Å². The van der Waals surface area contributed by atoms with E-state index < -0.39 is 0 Å². The van der Waals surface area contributed by atoms with Crippen molar-refractivity contribution in [1.82, 2.24) is 20.4 Å². The van der Waals surface area contributed by atoms with E-state index in [0.29, 0.717) is 18.0 Å². The monoisotopic (exact) mass is 351 g/mol. The van der Waals surface area contributed by atoms with Gasteiger partial charge in [-0.15, -0.1) is 0 Å². The third kappa shape index (κ3) is 5.87. The van der Waals surface area contributed by atoms with Crippen molar-refractivity contribution in [1.29, 1.82) is 0 Å². The first-order chi connectivity index (χ1) is 11.9. The minimum Gasteiger partial charge on any atom is -0.356 e. The van der Waals surface area contributed by atoms with Gasteiger partial charge in [0.25, 0.3) is 0 Å². The predicted octanol–water partition coefficient (Wildman–Crippen LogP) is 1.53. The molecule has 2 aliphatic heterocycles. The van der Waals surface area contributed by atoms with E-state index in [4.69, 9.17) is 0 Å². The fourth-order valence-electron chi connectivity index (χ4n) is 3.81. The van der Waals surface area contributed by atoms with Crippen LogP contribution in [0, 0.1) is 11.8 Å². The first kappa shape index (κ1) is 20.0. The molecule has 0 radical (unpaired) electrons. The first-order valence-corrected chi connectivity index (χ1v) is 9.90. The summed E-state index contributed by atoms with van der Waals surface area (Å²) in [5, 5.41) is 7.00. The molecule has 2 aliphatic rings. The summed E-state index contributed by atoms with van der Waals surface area (Å²) in [6.07, 6.45) is 3.56. The van der Waals surface area contributed by atoms with E-state index in [0.717, 1.165) is 32.0 Å². The van der Waals surface area contributed by atoms with E-state index in [1.165, 1.54) is 25.9 Å². The van der Waals surface area contributed by atoms with Crippen LogP contribution in [0.1, 0.15) is 47.0 Å². The van der Waals surface area contributed by atoms with Crippen LogP contribution in [0.15, 0.2) is 4.99 Å². The van der Waals surface area contributed by atoms with E-state index in [-0.39, 0.29) is 11.8 Å². The summed E-state index contributed by atoms with van der Waals surface area (Å²) in [4.78, 5) is 21.0. The number of nitrogens with zero attached hydrogens (tertiary/aromatic N) is 3. The van der Waals surface area contributed by atoms with Crippen molar-refractivity contribution in [2.45, 2.75) is 59.0 Å². The Hall–Kier alpha value is -1.30. The lowest BCUT2D eigenvalue weighted by Gasteiger charge is -2.35. The molecule has 0 aliphatic carbocycles. The topological polar surface area (TPSA) is 60.0 Å². The van der Waals surface area contributed by atoms with Gasteiger partial charge in [-0.25, -0.2) is 0 Å². The number of amides is 1. The molecule has 0 saturated carbocycles. The SMILES string of the molecule is CN=C(NCC1CCCN(C(C)C)C1)NC1CCN(C(=O)C(C)C)C1. The van der Waals surface area contributed by atoms with Crippen LogP contribution in [-0.4, -0.2) is 73.5 Å². The number of hydrogen-bond donors (Lipinski definition) is 2. The zero-order valence-electron chi connectivity index (χ0n) is 16.7. The van der Waals surface area contributed by atoms with Crippen molar-refractivity contribution in [2.75, 3.05) is 39.8 Å². The van der Waals surface area contributed by atoms with E-state index in [1.807, 2.05) is 25.8 Å². The summed E-state index contributed by atoms with van der Waals surface area (Å²) in [7, 11) is 1.82. The smallest absolute Gasteiger partial charge is 0.225 e. The second-order valence-electron chi connectivity index (χ2n) is 8.12. The normalized spacial score (nSPS) is 25.7. The van der Waals surface area contributed by atoms with Crippen molar-refractivity contribution in [3.05, 3.63) is 0 Å². The van der Waals surface area contributed by atoms with Gasteiger partial charge in [-0.1, -0.05) is 13.8 Å². The van der Waals surface area contributed by atoms with Crippen molar-refractivity contribution in [3.63, 3.8) is 0 Å². The largest absolute Gasteiger partial charge is 0.356 e. The zero-order chi connectivity index (χ0) is 18.4. The van der Waals surface area contributed by atoms with Gasteiger partial charge in [-0.3, -0.25) is 9.79 Å². The molecule has 0 aromatic heterocycles. The maximum Gasteiger partial charge on any atom is 0.225 e. The Morgan fingerprint density at radius 1 is 1.16 bits per heavy atom. The molecular weight excluding hydrogens is 314 g/mol. The molecule has 0 bridgehead atoms. The summed E-state index contributed by atoms with van der Waals surface area (Å²) in [6, 6.07) is 0.927. The number of likely N-dealkylation sites (tertiary alicyclic amines) is 2. The number of hydrogen-bond acceptors (Lipinski definition) is 3. The first-order valence-electron chi connectivity index (χ1n) is 9.90. The number of carbonyl (C=O) groups excluding carboxylic acids is 1. The molecule has 0 spiro atoms. The Kier molecular flexibility index (Phi) is 7.54. The molecule has 0 aromatic carbocycles. The van der Waals surface area contributed by atoms with E-state index in [9.17, 15) is 4.79 Å². The standard InChI is InChI=1S/C19H37N5O/c1-14(2)18(25)24-10-8-17(13-24)22-19(20-5)21-11-16-7-6-9-23(12-16)15(3)4/h14-17H,6-13H2,1-5H3,(H2,20,21,22). The van der Waals surface area contributed by atoms with Crippen LogP contribution in [0.2, 0.25) is 0 Å². The lowest BCUT2D eigenvalue weighted by molar-refractivity contribution is -0.133. The summed E-state index contributed by atoms with van der Waals surface area (Å²) in [5.74, 6) is 1.87. The lowest BCUT2D eigenvalue weighted by atomic mass is 9.97. The van der Waals surface area contributed by atoms with Gasteiger partial charge in [0.05, 0.1) is 0 Å². The van der Waals surface area contributed by atoms with Crippen LogP contribution < -0.4 is 10.6 Å². The fraction of sp³-hybridized carbons (Fsp3) is 0.895. The van der Waals surface area contributed by atoms with Gasteiger partial charge >= 0.3 is 0 Å². The van der Waals surface area contributed by atoms with Crippen LogP contribution in [0.5, 0.6) is 0 Å². The summed E-state index contributed by atoms with van der Waals surface area (Å²) in [5.41, 5.74) is 0. The van der Waals surface area contributed by atoms with Gasteiger partial charge in [-0.05, 0) is 45.6 Å². The molecule has 6 heteroatoms. The Labute approximate surface area is 153 Å². The Balaban J connectivity index is 1.75. The number of nitrogens with one attached hydrogen (secondary N) is 2. The number of carbonyl (C=O) groups is 1. The van der Waals surface area contributed by atoms with Gasteiger partial charge < -0.3 is 20.4 Å². The molecule has 6 nitrogen and oxygen atoms in total. The summed E-state index contributed by atoms with van der Waals surface area (Å²) >= 11 is 0. The van der Waals surface area contributed by atoms with Gasteiger partial charge in [0.1, 0.15) is 0 Å². The Morgan fingerprint density at radius 2 is 1.92 bits per heavy atom. The maximum absolute atomic E-state index is 12.1. The maximum atomic E-state index is 12.1. The van der Waals surface area contributed by atoms with Crippen molar-refractivity contribution < 1.29 is 4.79 Å². The molecule has 144 valence electrons. The minimum absolute atomic E-state index is 0.0754. The van der Waals surface area contributed by atoms with Gasteiger partial charge in [-0.2, -0.15) is 0 Å². The van der Waals surface area contributed by atoms with E-state index >= 15 is 0 Å². The van der Waals surface area contributed by atoms with E-state index in [1.54, 1.807) is 0 Å². The van der Waals surface area contributed by atoms with Crippen LogP contribution >= 0.6 is 0 Å². The Bertz CT molecular complexity index is 463. The number of aliphatic imine (C=N–C) groups is 1. The average Bonchev–Trinajstić information content (AvgIpc) is 3.06. The third-order valence-electron chi connectivity index (χ3n) is 5.40. The molecular formula is C19H37N5O. The number of rotatable bonds is 5. The van der Waals surface area contributed by atoms with Crippen molar-refractivity contribution in [3.8, 4) is 0 Å². The number of piperidine rings is 1. The fourth-order valence-corrected chi connectivity index (χ4v) is 3.81. The molecule has 1 amide bonds. The summed E-state index contributed by atoms with van der Waals surface area (Å²) in [6.45, 7) is 13.5. The lowest BCUT2D eigenvalue weighted by Crippen LogP contribution is -2.48. The molecule has 2 N–H and O–H groups in total. The molecule has 2 fully saturated rings. The molecule has 2 rings (SSSR count). The van der Waals surface area contributed by atoms with Crippen LogP contribution in [-0.2, 0) is 4.79 Å². The average molecular weight is 352 g/mol. The van der Waals surface area contributed by atoms with Crippen molar-refractivity contribution in [2.24, 2.45) is 16.8 Å². The van der Waals surface area contributed by atoms with E-state index in [2.05, 4.69) is 34.4 Å². The highest BCUT2D eigenvalue weighted by atomic mass is 16.2. The molecule has 0 aromatic rings. The second-order valence-corrected chi connectivity index (χ2v) is 8.12. The second kappa shape index (κ2) is 9.41. The van der Waals surface area contributed by atoms with Gasteiger partial charge in [0.2, 0.25) is 5.91 Å². The van der Waals surface area contributed by atoms with Gasteiger partial charge in [0, 0.05) is 51.2 Å². The third-order valence-corrected chi connectivity index (χ3v) is 5.40. The van der Waals surface area contributed by atoms with Crippen LogP contribution in [0.3, 0.4) is 0 Å². The zero-order valence-corrected chi connectivity index (χ0v) is 16.7. The van der Waals surface area contributed by atoms with Crippen LogP contribution in [0.4, 0.5) is 0 Å². The molecule has 2 atom stereocenters. The predicted molar refractivity (Wildman–Crippen MR) is 104 cm³/mol. The summed E-state index contributed by atoms with van der Waals surface area (Å²) < 4.78 is 0. The number of guanidine groups is 1. The quantitative estimate of drug-likeness (QED) is 0.582.